The molecule has 0 bridgehead atoms. The Morgan fingerprint density at radius 3 is 2.81 bits per heavy atom. The maximum Gasteiger partial charge on any atom is 0.337 e. The van der Waals surface area contributed by atoms with Gasteiger partial charge < -0.3 is 10.5 Å². The smallest absolute Gasteiger partial charge is 0.337 e. The van der Waals surface area contributed by atoms with Crippen LogP contribution < -0.4 is 5.73 Å². The van der Waals surface area contributed by atoms with Crippen molar-refractivity contribution in [2.24, 2.45) is 0 Å². The lowest BCUT2D eigenvalue weighted by atomic mass is 10.1. The molecule has 0 unspecified atom stereocenters. The number of methoxy groups -OCH3 is 1. The van der Waals surface area contributed by atoms with Crippen LogP contribution in [0.25, 0.3) is 10.9 Å². The number of hydrogen-bond donors (Lipinski definition) is 1. The number of nitrogens with zero attached hydrogens (tertiary/aromatic N) is 2. The van der Waals surface area contributed by atoms with E-state index in [9.17, 15) is 4.79 Å². The maximum absolute atomic E-state index is 11.3. The van der Waals surface area contributed by atoms with Crippen LogP contribution >= 0.6 is 0 Å². The summed E-state index contributed by atoms with van der Waals surface area (Å²) >= 11 is 0. The van der Waals surface area contributed by atoms with Crippen molar-refractivity contribution in [2.45, 2.75) is 6.92 Å². The van der Waals surface area contributed by atoms with Crippen molar-refractivity contribution in [1.29, 1.82) is 0 Å². The number of rotatable bonds is 1. The van der Waals surface area contributed by atoms with Gasteiger partial charge in [0.25, 0.3) is 0 Å². The van der Waals surface area contributed by atoms with Crippen LogP contribution in [0.4, 0.5) is 5.82 Å². The predicted molar refractivity (Wildman–Crippen MR) is 60.0 cm³/mol. The summed E-state index contributed by atoms with van der Waals surface area (Å²) < 4.78 is 4.63. The van der Waals surface area contributed by atoms with Crippen LogP contribution in [-0.2, 0) is 4.74 Å². The van der Waals surface area contributed by atoms with Crippen LogP contribution in [0.2, 0.25) is 0 Å². The molecule has 0 saturated heterocycles. The molecule has 0 spiro atoms. The Hall–Kier alpha value is -2.17. The molecule has 5 heteroatoms. The first-order valence-electron chi connectivity index (χ1n) is 4.74. The summed E-state index contributed by atoms with van der Waals surface area (Å²) in [7, 11) is 1.34. The minimum Gasteiger partial charge on any atom is -0.465 e. The van der Waals surface area contributed by atoms with Crippen molar-refractivity contribution < 1.29 is 9.53 Å². The molecule has 0 radical (unpaired) electrons. The Balaban J connectivity index is 2.66. The van der Waals surface area contributed by atoms with E-state index in [1.165, 1.54) is 7.11 Å². The van der Waals surface area contributed by atoms with Gasteiger partial charge >= 0.3 is 5.97 Å². The second-order valence-electron chi connectivity index (χ2n) is 3.38. The Labute approximate surface area is 92.3 Å². The predicted octanol–water partition coefficient (Wildman–Crippen LogP) is 1.31. The fourth-order valence-electron chi connectivity index (χ4n) is 1.52. The lowest BCUT2D eigenvalue weighted by molar-refractivity contribution is 0.0601. The number of fused-ring (bicyclic) bond motifs is 1. The van der Waals surface area contributed by atoms with Gasteiger partial charge in [-0.3, -0.25) is 0 Å². The van der Waals surface area contributed by atoms with Gasteiger partial charge in [-0.25, -0.2) is 14.8 Å². The summed E-state index contributed by atoms with van der Waals surface area (Å²) in [6, 6.07) is 5.01. The van der Waals surface area contributed by atoms with Crippen molar-refractivity contribution >= 4 is 22.7 Å². The molecule has 16 heavy (non-hydrogen) atoms. The van der Waals surface area contributed by atoms with Gasteiger partial charge in [-0.05, 0) is 25.1 Å². The third-order valence-electron chi connectivity index (χ3n) is 2.26. The highest BCUT2D eigenvalue weighted by Crippen LogP contribution is 2.19. The number of aryl methyl sites for hydroxylation is 1. The van der Waals surface area contributed by atoms with Gasteiger partial charge in [0.1, 0.15) is 11.6 Å². The third kappa shape index (κ3) is 1.67. The first-order chi connectivity index (χ1) is 7.61. The van der Waals surface area contributed by atoms with E-state index in [1.54, 1.807) is 25.1 Å². The van der Waals surface area contributed by atoms with Crippen LogP contribution in [-0.4, -0.2) is 23.0 Å². The van der Waals surface area contributed by atoms with Crippen LogP contribution in [0.15, 0.2) is 18.2 Å². The molecular formula is C11H11N3O2. The number of ether oxygens (including phenoxy) is 1. The highest BCUT2D eigenvalue weighted by Gasteiger charge is 2.08. The number of benzene rings is 1. The lowest BCUT2D eigenvalue weighted by Gasteiger charge is -2.04. The molecule has 1 aromatic carbocycles. The summed E-state index contributed by atoms with van der Waals surface area (Å²) in [4.78, 5) is 19.6. The van der Waals surface area contributed by atoms with E-state index in [2.05, 4.69) is 14.7 Å². The SMILES string of the molecule is COC(=O)c1ccc2c(N)nc(C)nc2c1. The molecule has 5 nitrogen and oxygen atoms in total. The van der Waals surface area contributed by atoms with Gasteiger partial charge in [0.15, 0.2) is 0 Å². The van der Waals surface area contributed by atoms with E-state index in [0.717, 1.165) is 5.39 Å². The summed E-state index contributed by atoms with van der Waals surface area (Å²) in [5.74, 6) is 0.600. The van der Waals surface area contributed by atoms with E-state index >= 15 is 0 Å². The van der Waals surface area contributed by atoms with Crippen molar-refractivity contribution in [3.8, 4) is 0 Å². The zero-order valence-electron chi connectivity index (χ0n) is 9.02. The molecule has 1 aromatic heterocycles. The van der Waals surface area contributed by atoms with Crippen LogP contribution in [0.5, 0.6) is 0 Å². The minimum absolute atomic E-state index is 0.392. The van der Waals surface area contributed by atoms with Gasteiger partial charge in [0.2, 0.25) is 0 Å². The Morgan fingerprint density at radius 2 is 2.12 bits per heavy atom. The average molecular weight is 217 g/mol. The topological polar surface area (TPSA) is 78.1 Å². The second kappa shape index (κ2) is 3.77. The summed E-state index contributed by atoms with van der Waals surface area (Å²) in [5, 5.41) is 0.734. The maximum atomic E-state index is 11.3. The molecule has 0 amide bonds. The van der Waals surface area contributed by atoms with Gasteiger partial charge in [0, 0.05) is 5.39 Å². The molecule has 2 rings (SSSR count). The Bertz CT molecular complexity index is 566. The first-order valence-corrected chi connectivity index (χ1v) is 4.74. The quantitative estimate of drug-likeness (QED) is 0.728. The van der Waals surface area contributed by atoms with Gasteiger partial charge in [-0.1, -0.05) is 0 Å². The largest absolute Gasteiger partial charge is 0.465 e. The summed E-state index contributed by atoms with van der Waals surface area (Å²) in [6.07, 6.45) is 0. The molecule has 0 saturated carbocycles. The molecule has 2 N–H and O–H groups in total. The van der Waals surface area contributed by atoms with Crippen molar-refractivity contribution in [3.63, 3.8) is 0 Å². The van der Waals surface area contributed by atoms with Gasteiger partial charge in [-0.2, -0.15) is 0 Å². The fraction of sp³-hybridized carbons (Fsp3) is 0.182. The number of carbonyl (C=O) groups is 1. The molecule has 82 valence electrons. The van der Waals surface area contributed by atoms with Crippen LogP contribution in [0.1, 0.15) is 16.2 Å². The third-order valence-corrected chi connectivity index (χ3v) is 2.26. The Kier molecular flexibility index (Phi) is 2.44. The number of hydrogen-bond acceptors (Lipinski definition) is 5. The number of nitrogens with two attached hydrogens (primary N) is 1. The van der Waals surface area contributed by atoms with Crippen molar-refractivity contribution in [3.05, 3.63) is 29.6 Å². The molecule has 2 aromatic rings. The number of aromatic nitrogens is 2. The van der Waals surface area contributed by atoms with E-state index < -0.39 is 5.97 Å². The zero-order valence-corrected chi connectivity index (χ0v) is 9.02. The average Bonchev–Trinajstić information content (AvgIpc) is 2.27. The highest BCUT2D eigenvalue weighted by atomic mass is 16.5. The molecule has 1 heterocycles. The molecule has 0 aliphatic heterocycles. The van der Waals surface area contributed by atoms with Gasteiger partial charge in [-0.15, -0.1) is 0 Å². The number of carbonyl (C=O) groups excluding carboxylic acids is 1. The van der Waals surface area contributed by atoms with Crippen molar-refractivity contribution in [1.82, 2.24) is 9.97 Å². The molecule has 0 aliphatic rings. The molecular weight excluding hydrogens is 206 g/mol. The van der Waals surface area contributed by atoms with E-state index in [0.29, 0.717) is 22.7 Å². The van der Waals surface area contributed by atoms with E-state index in [-0.39, 0.29) is 0 Å². The lowest BCUT2D eigenvalue weighted by Crippen LogP contribution is -2.02. The number of nitrogen functional groups attached to an aromatic ring is 1. The zero-order chi connectivity index (χ0) is 11.7. The summed E-state index contributed by atoms with van der Waals surface area (Å²) in [6.45, 7) is 1.75. The second-order valence-corrected chi connectivity index (χ2v) is 3.38. The number of anilines is 1. The van der Waals surface area contributed by atoms with Crippen molar-refractivity contribution in [2.75, 3.05) is 12.8 Å². The van der Waals surface area contributed by atoms with Crippen LogP contribution in [0.3, 0.4) is 0 Å². The van der Waals surface area contributed by atoms with Crippen LogP contribution in [0, 0.1) is 6.92 Å². The van der Waals surface area contributed by atoms with Gasteiger partial charge in [0.05, 0.1) is 18.2 Å². The minimum atomic E-state index is -0.392. The van der Waals surface area contributed by atoms with E-state index in [4.69, 9.17) is 5.73 Å². The summed E-state index contributed by atoms with van der Waals surface area (Å²) in [5.41, 5.74) is 6.85. The number of esters is 1. The molecule has 0 fully saturated rings. The fourth-order valence-corrected chi connectivity index (χ4v) is 1.52. The monoisotopic (exact) mass is 217 g/mol. The molecule has 0 atom stereocenters. The Morgan fingerprint density at radius 1 is 1.38 bits per heavy atom. The van der Waals surface area contributed by atoms with E-state index in [1.807, 2.05) is 0 Å². The highest BCUT2D eigenvalue weighted by molar-refractivity contribution is 5.96. The standard InChI is InChI=1S/C11H11N3O2/c1-6-13-9-5-7(11(15)16-2)3-4-8(9)10(12)14-6/h3-5H,1-2H3,(H2,12,13,14). The normalized spacial score (nSPS) is 10.4. The first kappa shape index (κ1) is 10.4. The molecule has 0 aliphatic carbocycles.